The average Bonchev–Trinajstić information content (AvgIpc) is 4.12. The molecule has 0 saturated heterocycles. The summed E-state index contributed by atoms with van der Waals surface area (Å²) in [5.74, 6) is -1.06. The van der Waals surface area contributed by atoms with E-state index in [1.54, 1.807) is 73.1 Å². The van der Waals surface area contributed by atoms with Gasteiger partial charge in [-0.15, -0.1) is 0 Å². The Morgan fingerprint density at radius 2 is 1.24 bits per heavy atom. The summed E-state index contributed by atoms with van der Waals surface area (Å²) in [6, 6.07) is 28.2. The first-order chi connectivity index (χ1) is 32.4. The fourth-order valence-electron chi connectivity index (χ4n) is 6.41. The first-order valence-corrected chi connectivity index (χ1v) is 20.9. The van der Waals surface area contributed by atoms with E-state index in [0.717, 1.165) is 5.56 Å². The lowest BCUT2D eigenvalue weighted by Gasteiger charge is -2.12. The van der Waals surface area contributed by atoms with Crippen LogP contribution in [0.15, 0.2) is 140 Å². The zero-order valence-corrected chi connectivity index (χ0v) is 36.4. The zero-order valence-electron chi connectivity index (χ0n) is 34.9. The Balaban J connectivity index is 0.000000160. The van der Waals surface area contributed by atoms with Crippen molar-refractivity contribution < 1.29 is 46.9 Å². The predicted molar refractivity (Wildman–Crippen MR) is 242 cm³/mol. The maximum absolute atomic E-state index is 13.3. The summed E-state index contributed by atoms with van der Waals surface area (Å²) in [7, 11) is 0. The smallest absolute Gasteiger partial charge is 0.419 e. The molecule has 0 radical (unpaired) electrons. The van der Waals surface area contributed by atoms with E-state index in [1.165, 1.54) is 59.7 Å². The van der Waals surface area contributed by atoms with E-state index in [1.807, 2.05) is 12.1 Å². The quantitative estimate of drug-likeness (QED) is 0.107. The lowest BCUT2D eigenvalue weighted by molar-refractivity contribution is 0.101. The summed E-state index contributed by atoms with van der Waals surface area (Å²) in [4.78, 5) is 60.4. The molecular formula is C47H38Cl2F2N8O8. The third-order valence-electron chi connectivity index (χ3n) is 9.67. The number of nitrogens with two attached hydrogens (primary N) is 1. The molecule has 5 N–H and O–H groups in total. The van der Waals surface area contributed by atoms with Crippen molar-refractivity contribution in [3.05, 3.63) is 196 Å². The molecular weight excluding hydrogens is 913 g/mol. The Morgan fingerprint density at radius 3 is 1.78 bits per heavy atom. The highest BCUT2D eigenvalue weighted by Gasteiger charge is 2.30. The van der Waals surface area contributed by atoms with E-state index in [2.05, 4.69) is 30.9 Å². The molecule has 67 heavy (non-hydrogen) atoms. The number of carbonyl (C=O) groups excluding carboxylic acids is 4. The number of amides is 3. The molecule has 9 rings (SSSR count). The second kappa shape index (κ2) is 22.3. The van der Waals surface area contributed by atoms with Gasteiger partial charge in [0.05, 0.1) is 44.6 Å². The van der Waals surface area contributed by atoms with Gasteiger partial charge < -0.3 is 40.6 Å². The molecule has 0 spiro atoms. The fraction of sp³-hybridized carbons (Fsp3) is 0.128. The Hall–Kier alpha value is -7.93. The number of para-hydroxylation sites is 2. The standard InChI is InChI=1S/C22H17ClFN3O4.C15H12ClFN2O2.C10H9N3O2/c23-17-10-13(7-8-18(17)24)26-21(28)16-6-3-5-15-19(12-30-20(15)16)27-22(29)31-11-14-4-1-2-9-25-14;16-11-6-8(4-5-12(11)17)19-15(20)10-3-1-2-9-13(18)7-21-14(9)10;14-10(13-6-5-11-8-13)15-7-9-3-1-2-4-12-9/h1-10,19H,11-12H2,(H,26,28)(H,27,29);1-6,13H,7,18H2,(H,19,20);1-6,8H,7H2. The van der Waals surface area contributed by atoms with Crippen molar-refractivity contribution in [3.63, 3.8) is 0 Å². The van der Waals surface area contributed by atoms with Crippen LogP contribution in [0.2, 0.25) is 10.0 Å². The molecule has 0 aliphatic carbocycles. The summed E-state index contributed by atoms with van der Waals surface area (Å²) >= 11 is 11.5. The van der Waals surface area contributed by atoms with E-state index in [9.17, 15) is 28.0 Å². The van der Waals surface area contributed by atoms with Gasteiger partial charge in [-0.3, -0.25) is 19.6 Å². The summed E-state index contributed by atoms with van der Waals surface area (Å²) in [5, 5.41) is 7.90. The number of hydrogen-bond donors (Lipinski definition) is 4. The first-order valence-electron chi connectivity index (χ1n) is 20.1. The lowest BCUT2D eigenvalue weighted by atomic mass is 10.0. The van der Waals surface area contributed by atoms with Crippen molar-refractivity contribution in [2.45, 2.75) is 25.3 Å². The van der Waals surface area contributed by atoms with E-state index >= 15 is 0 Å². The van der Waals surface area contributed by atoms with E-state index in [-0.39, 0.29) is 47.4 Å². The van der Waals surface area contributed by atoms with Gasteiger partial charge in [-0.25, -0.2) is 27.9 Å². The third-order valence-corrected chi connectivity index (χ3v) is 10.2. The molecule has 342 valence electrons. The highest BCUT2D eigenvalue weighted by molar-refractivity contribution is 6.31. The molecule has 0 fully saturated rings. The van der Waals surface area contributed by atoms with E-state index < -0.39 is 35.8 Å². The van der Waals surface area contributed by atoms with Crippen molar-refractivity contribution in [1.82, 2.24) is 24.8 Å². The topological polar surface area (TPSA) is 211 Å². The average molecular weight is 952 g/mol. The van der Waals surface area contributed by atoms with Gasteiger partial charge in [0, 0.05) is 47.3 Å². The van der Waals surface area contributed by atoms with Gasteiger partial charge in [0.15, 0.2) is 0 Å². The molecule has 2 aliphatic heterocycles. The number of halogens is 4. The number of imidazole rings is 1. The van der Waals surface area contributed by atoms with Crippen molar-refractivity contribution >= 4 is 58.6 Å². The minimum atomic E-state index is -0.622. The number of pyridine rings is 2. The second-order valence-corrected chi connectivity index (χ2v) is 15.1. The van der Waals surface area contributed by atoms with Crippen LogP contribution < -0.4 is 31.2 Å². The number of benzene rings is 4. The molecule has 0 saturated carbocycles. The molecule has 2 aliphatic rings. The van der Waals surface area contributed by atoms with Crippen LogP contribution in [0.1, 0.15) is 55.3 Å². The molecule has 0 bridgehead atoms. The lowest BCUT2D eigenvalue weighted by Crippen LogP contribution is -2.30. The van der Waals surface area contributed by atoms with Gasteiger partial charge in [-0.05, 0) is 72.8 Å². The molecule has 5 heterocycles. The van der Waals surface area contributed by atoms with Crippen LogP contribution in [-0.2, 0) is 22.7 Å². The van der Waals surface area contributed by atoms with Crippen LogP contribution in [0.4, 0.5) is 29.7 Å². The molecule has 16 nitrogen and oxygen atoms in total. The Labute approximate surface area is 391 Å². The van der Waals surface area contributed by atoms with Crippen LogP contribution in [-0.4, -0.2) is 56.7 Å². The maximum Gasteiger partial charge on any atom is 0.419 e. The normalized spacial score (nSPS) is 13.9. The summed E-state index contributed by atoms with van der Waals surface area (Å²) in [6.07, 6.45) is 6.62. The van der Waals surface area contributed by atoms with E-state index in [0.29, 0.717) is 52.0 Å². The molecule has 3 aromatic heterocycles. The van der Waals surface area contributed by atoms with Gasteiger partial charge in [0.2, 0.25) is 0 Å². The first kappa shape index (κ1) is 47.0. The number of hydrogen-bond acceptors (Lipinski definition) is 12. The Morgan fingerprint density at radius 1 is 0.687 bits per heavy atom. The number of fused-ring (bicyclic) bond motifs is 2. The number of carbonyl (C=O) groups is 4. The fourth-order valence-corrected chi connectivity index (χ4v) is 6.77. The number of rotatable bonds is 9. The molecule has 4 aromatic carbocycles. The number of aromatic nitrogens is 4. The summed E-state index contributed by atoms with van der Waals surface area (Å²) in [6.45, 7) is 0.705. The molecule has 3 amide bonds. The van der Waals surface area contributed by atoms with Gasteiger partial charge >= 0.3 is 12.2 Å². The molecule has 2 atom stereocenters. The SMILES string of the molecule is NC1COc2c(C(=O)Nc3ccc(F)c(Cl)c3)cccc21.O=C(NC1COc2c(C(=O)Nc3ccc(F)c(Cl)c3)cccc21)OCc1ccccn1.O=C(OCc1ccccn1)n1ccnc1. The summed E-state index contributed by atoms with van der Waals surface area (Å²) < 4.78 is 49.0. The number of anilines is 2. The van der Waals surface area contributed by atoms with Crippen LogP contribution in [0.5, 0.6) is 11.5 Å². The minimum Gasteiger partial charge on any atom is -0.490 e. The largest absolute Gasteiger partial charge is 0.490 e. The summed E-state index contributed by atoms with van der Waals surface area (Å²) in [5.41, 5.74) is 10.1. The monoisotopic (exact) mass is 950 g/mol. The highest BCUT2D eigenvalue weighted by atomic mass is 35.5. The van der Waals surface area contributed by atoms with Gasteiger partial charge in [-0.2, -0.15) is 0 Å². The van der Waals surface area contributed by atoms with Crippen LogP contribution in [0, 0.1) is 11.6 Å². The number of alkyl carbamates (subject to hydrolysis) is 1. The van der Waals surface area contributed by atoms with Crippen LogP contribution in [0.25, 0.3) is 0 Å². The Kier molecular flexibility index (Phi) is 15.7. The zero-order chi connectivity index (χ0) is 47.3. The van der Waals surface area contributed by atoms with Crippen LogP contribution >= 0.6 is 23.2 Å². The maximum atomic E-state index is 13.3. The Bertz CT molecular complexity index is 2860. The molecule has 7 aromatic rings. The highest BCUT2D eigenvalue weighted by Crippen LogP contribution is 2.37. The minimum absolute atomic E-state index is 0.0375. The molecule has 2 unspecified atom stereocenters. The van der Waals surface area contributed by atoms with Crippen LogP contribution in [0.3, 0.4) is 0 Å². The van der Waals surface area contributed by atoms with E-state index in [4.69, 9.17) is 47.9 Å². The number of nitrogens with zero attached hydrogens (tertiary/aromatic N) is 4. The van der Waals surface area contributed by atoms with Crippen molar-refractivity contribution in [3.8, 4) is 11.5 Å². The van der Waals surface area contributed by atoms with Gasteiger partial charge in [0.1, 0.15) is 55.9 Å². The number of nitrogens with one attached hydrogen (secondary N) is 3. The van der Waals surface area contributed by atoms with Gasteiger partial charge in [-0.1, -0.05) is 59.6 Å². The molecule has 20 heteroatoms. The van der Waals surface area contributed by atoms with Crippen molar-refractivity contribution in [1.29, 1.82) is 0 Å². The predicted octanol–water partition coefficient (Wildman–Crippen LogP) is 9.07. The van der Waals surface area contributed by atoms with Crippen molar-refractivity contribution in [2.75, 3.05) is 23.8 Å². The second-order valence-electron chi connectivity index (χ2n) is 14.3. The van der Waals surface area contributed by atoms with Gasteiger partial charge in [0.25, 0.3) is 11.8 Å². The van der Waals surface area contributed by atoms with Crippen molar-refractivity contribution in [2.24, 2.45) is 5.73 Å². The third kappa shape index (κ3) is 12.5. The number of ether oxygens (including phenoxy) is 4.